The number of carbonyl (C=O) groups excluding carboxylic acids is 3. The van der Waals surface area contributed by atoms with Crippen LogP contribution in [0.2, 0.25) is 0 Å². The fourth-order valence-electron chi connectivity index (χ4n) is 2.42. The van der Waals surface area contributed by atoms with E-state index in [2.05, 4.69) is 25.9 Å². The first-order valence-corrected chi connectivity index (χ1v) is 9.48. The Morgan fingerprint density at radius 2 is 1.70 bits per heavy atom. The van der Waals surface area contributed by atoms with E-state index in [1.165, 1.54) is 26.4 Å². The molecule has 0 aliphatic rings. The summed E-state index contributed by atoms with van der Waals surface area (Å²) in [4.78, 5) is 55.1. The quantitative estimate of drug-likeness (QED) is 0.208. The maximum absolute atomic E-state index is 12.8. The van der Waals surface area contributed by atoms with Gasteiger partial charge in [-0.15, -0.1) is 0 Å². The van der Waals surface area contributed by atoms with Gasteiger partial charge in [0.1, 0.15) is 18.1 Å². The molecule has 1 aromatic rings. The molecule has 0 bridgehead atoms. The molecule has 1 aromatic heterocycles. The fraction of sp³-hybridized carbons (Fsp3) is 0.611. The van der Waals surface area contributed by atoms with Gasteiger partial charge in [-0.2, -0.15) is 0 Å². The summed E-state index contributed by atoms with van der Waals surface area (Å²) in [5.41, 5.74) is 6.39. The number of imidazole rings is 1. The molecule has 168 valence electrons. The minimum Gasteiger partial charge on any atom is -0.480 e. The number of aromatic amines is 1. The Morgan fingerprint density at radius 1 is 1.07 bits per heavy atom. The second-order valence-corrected chi connectivity index (χ2v) is 7.41. The van der Waals surface area contributed by atoms with Gasteiger partial charge in [-0.25, -0.2) is 4.98 Å². The first kappa shape index (κ1) is 25.0. The average molecular weight is 426 g/mol. The van der Waals surface area contributed by atoms with E-state index in [1.807, 2.05) is 0 Å². The second-order valence-electron chi connectivity index (χ2n) is 7.41. The van der Waals surface area contributed by atoms with Gasteiger partial charge in [-0.05, 0) is 19.8 Å². The van der Waals surface area contributed by atoms with Crippen molar-refractivity contribution in [1.29, 1.82) is 0 Å². The molecule has 5 unspecified atom stereocenters. The van der Waals surface area contributed by atoms with Gasteiger partial charge in [0.15, 0.2) is 0 Å². The number of aliphatic carboxylic acids is 1. The zero-order chi connectivity index (χ0) is 23.0. The van der Waals surface area contributed by atoms with Crippen LogP contribution in [0, 0.1) is 5.92 Å². The highest BCUT2D eigenvalue weighted by Crippen LogP contribution is 2.04. The molecule has 0 aromatic carbocycles. The average Bonchev–Trinajstić information content (AvgIpc) is 3.16. The Morgan fingerprint density at radius 3 is 2.17 bits per heavy atom. The number of carboxylic acid groups (broad SMARTS) is 1. The van der Waals surface area contributed by atoms with Crippen molar-refractivity contribution in [2.24, 2.45) is 11.7 Å². The van der Waals surface area contributed by atoms with Crippen molar-refractivity contribution in [2.75, 3.05) is 0 Å². The third-order valence-electron chi connectivity index (χ3n) is 4.42. The largest absolute Gasteiger partial charge is 0.480 e. The normalized spacial score (nSPS) is 16.1. The number of rotatable bonds is 11. The number of carboxylic acids is 1. The molecule has 12 heteroatoms. The van der Waals surface area contributed by atoms with Crippen LogP contribution in [-0.2, 0) is 25.6 Å². The summed E-state index contributed by atoms with van der Waals surface area (Å²) in [5, 5.41) is 25.9. The van der Waals surface area contributed by atoms with E-state index >= 15 is 0 Å². The molecule has 0 radical (unpaired) electrons. The molecule has 1 rings (SSSR count). The van der Waals surface area contributed by atoms with Crippen LogP contribution in [0.3, 0.4) is 0 Å². The highest BCUT2D eigenvalue weighted by atomic mass is 16.4. The number of amides is 3. The summed E-state index contributed by atoms with van der Waals surface area (Å²) in [7, 11) is 0. The molecular weight excluding hydrogens is 396 g/mol. The lowest BCUT2D eigenvalue weighted by atomic mass is 10.0. The summed E-state index contributed by atoms with van der Waals surface area (Å²) >= 11 is 0. The van der Waals surface area contributed by atoms with E-state index in [9.17, 15) is 24.3 Å². The summed E-state index contributed by atoms with van der Waals surface area (Å²) in [6.45, 7) is 6.03. The number of aliphatic hydroxyl groups is 1. The zero-order valence-corrected chi connectivity index (χ0v) is 17.4. The number of nitrogens with one attached hydrogen (secondary N) is 4. The van der Waals surface area contributed by atoms with Crippen molar-refractivity contribution in [3.05, 3.63) is 18.2 Å². The Hall–Kier alpha value is -2.99. The number of aromatic nitrogens is 2. The second kappa shape index (κ2) is 11.3. The van der Waals surface area contributed by atoms with Crippen LogP contribution in [0.25, 0.3) is 0 Å². The van der Waals surface area contributed by atoms with Crippen molar-refractivity contribution in [1.82, 2.24) is 25.9 Å². The predicted molar refractivity (Wildman–Crippen MR) is 106 cm³/mol. The monoisotopic (exact) mass is 426 g/mol. The van der Waals surface area contributed by atoms with Crippen LogP contribution in [0.15, 0.2) is 12.5 Å². The van der Waals surface area contributed by atoms with Crippen molar-refractivity contribution < 1.29 is 29.4 Å². The van der Waals surface area contributed by atoms with E-state index < -0.39 is 54.0 Å². The molecule has 0 fully saturated rings. The SMILES string of the molecule is CC(NC(=O)C(NC(=O)C(Cc1cnc[nH]1)NC(=O)C(N)C(C)C)C(C)O)C(=O)O. The molecular formula is C18H30N6O6. The molecule has 0 aliphatic carbocycles. The summed E-state index contributed by atoms with van der Waals surface area (Å²) in [6, 6.07) is -4.62. The van der Waals surface area contributed by atoms with E-state index in [1.54, 1.807) is 13.8 Å². The Labute approximate surface area is 174 Å². The number of carbonyl (C=O) groups is 4. The first-order valence-electron chi connectivity index (χ1n) is 9.48. The van der Waals surface area contributed by atoms with Crippen molar-refractivity contribution >= 4 is 23.7 Å². The molecule has 1 heterocycles. The molecule has 0 aliphatic heterocycles. The first-order chi connectivity index (χ1) is 13.9. The highest BCUT2D eigenvalue weighted by molar-refractivity contribution is 5.94. The number of aliphatic hydroxyl groups excluding tert-OH is 1. The smallest absolute Gasteiger partial charge is 0.325 e. The summed E-state index contributed by atoms with van der Waals surface area (Å²) < 4.78 is 0. The minimum atomic E-state index is -1.43. The van der Waals surface area contributed by atoms with Crippen molar-refractivity contribution in [3.8, 4) is 0 Å². The van der Waals surface area contributed by atoms with Crippen LogP contribution in [0.1, 0.15) is 33.4 Å². The van der Waals surface area contributed by atoms with Crippen molar-refractivity contribution in [3.63, 3.8) is 0 Å². The molecule has 5 atom stereocenters. The number of nitrogens with two attached hydrogens (primary N) is 1. The highest BCUT2D eigenvalue weighted by Gasteiger charge is 2.32. The van der Waals surface area contributed by atoms with Gasteiger partial charge in [0.25, 0.3) is 0 Å². The van der Waals surface area contributed by atoms with Crippen LogP contribution in [-0.4, -0.2) is 74.1 Å². The number of nitrogens with zero attached hydrogens (tertiary/aromatic N) is 1. The van der Waals surface area contributed by atoms with E-state index in [0.29, 0.717) is 5.69 Å². The van der Waals surface area contributed by atoms with Gasteiger partial charge >= 0.3 is 5.97 Å². The third kappa shape index (κ3) is 7.44. The van der Waals surface area contributed by atoms with Crippen LogP contribution in [0.5, 0.6) is 0 Å². The molecule has 3 amide bonds. The number of H-pyrrole nitrogens is 1. The van der Waals surface area contributed by atoms with Gasteiger partial charge in [0, 0.05) is 18.3 Å². The van der Waals surface area contributed by atoms with E-state index in [-0.39, 0.29) is 12.3 Å². The number of hydrogen-bond donors (Lipinski definition) is 7. The Kier molecular flexibility index (Phi) is 9.40. The van der Waals surface area contributed by atoms with Crippen LogP contribution >= 0.6 is 0 Å². The summed E-state index contributed by atoms with van der Waals surface area (Å²) in [6.07, 6.45) is 1.59. The molecule has 0 saturated heterocycles. The van der Waals surface area contributed by atoms with Gasteiger partial charge in [0.2, 0.25) is 17.7 Å². The maximum Gasteiger partial charge on any atom is 0.325 e. The van der Waals surface area contributed by atoms with Crippen LogP contribution in [0.4, 0.5) is 0 Å². The van der Waals surface area contributed by atoms with E-state index in [4.69, 9.17) is 10.8 Å². The standard InChI is InChI=1S/C18H30N6O6/c1-8(2)13(19)16(27)23-12(5-11-6-20-7-21-11)15(26)24-14(10(4)25)17(28)22-9(3)18(29)30/h6-10,12-14,25H,5,19H2,1-4H3,(H,20,21)(H,22,28)(H,23,27)(H,24,26)(H,29,30). The molecule has 30 heavy (non-hydrogen) atoms. The van der Waals surface area contributed by atoms with E-state index in [0.717, 1.165) is 0 Å². The van der Waals surface area contributed by atoms with Crippen LogP contribution < -0.4 is 21.7 Å². The lowest BCUT2D eigenvalue weighted by Crippen LogP contribution is -2.60. The van der Waals surface area contributed by atoms with Gasteiger partial charge < -0.3 is 36.9 Å². The zero-order valence-electron chi connectivity index (χ0n) is 17.4. The maximum atomic E-state index is 12.8. The molecule has 0 spiro atoms. The Bertz CT molecular complexity index is 736. The predicted octanol–water partition coefficient (Wildman–Crippen LogP) is -2.12. The van der Waals surface area contributed by atoms with Crippen molar-refractivity contribution in [2.45, 2.75) is 64.4 Å². The van der Waals surface area contributed by atoms with Gasteiger partial charge in [-0.1, -0.05) is 13.8 Å². The fourth-order valence-corrected chi connectivity index (χ4v) is 2.42. The summed E-state index contributed by atoms with van der Waals surface area (Å²) in [5.74, 6) is -3.63. The molecule has 8 N–H and O–H groups in total. The Balaban J connectivity index is 2.98. The lowest BCUT2D eigenvalue weighted by Gasteiger charge is -2.26. The minimum absolute atomic E-state index is 0.0298. The van der Waals surface area contributed by atoms with Gasteiger partial charge in [-0.3, -0.25) is 19.2 Å². The molecule has 12 nitrogen and oxygen atoms in total. The lowest BCUT2D eigenvalue weighted by molar-refractivity contribution is -0.142. The number of hydrogen-bond acceptors (Lipinski definition) is 7. The third-order valence-corrected chi connectivity index (χ3v) is 4.42. The van der Waals surface area contributed by atoms with Gasteiger partial charge in [0.05, 0.1) is 18.5 Å². The topological polar surface area (TPSA) is 200 Å². The molecule has 0 saturated carbocycles.